The lowest BCUT2D eigenvalue weighted by Crippen LogP contribution is -2.42. The van der Waals surface area contributed by atoms with Crippen molar-refractivity contribution < 1.29 is 19.1 Å². The number of piperidine rings is 1. The fourth-order valence-electron chi connectivity index (χ4n) is 6.11. The Morgan fingerprint density at radius 3 is 2.34 bits per heavy atom. The van der Waals surface area contributed by atoms with Gasteiger partial charge in [-0.2, -0.15) is 5.26 Å². The second-order valence-electron chi connectivity index (χ2n) is 13.0. The summed E-state index contributed by atoms with van der Waals surface area (Å²) in [5.41, 5.74) is 2.68. The maximum absolute atomic E-state index is 13.3. The highest BCUT2D eigenvalue weighted by atomic mass is 16.6. The molecule has 0 unspecified atom stereocenters. The third-order valence-electron chi connectivity index (χ3n) is 8.61. The summed E-state index contributed by atoms with van der Waals surface area (Å²) >= 11 is 0. The number of nitriles is 1. The Hall–Kier alpha value is -4.39. The van der Waals surface area contributed by atoms with Crippen LogP contribution in [-0.2, 0) is 16.1 Å². The first-order chi connectivity index (χ1) is 21.0. The molecule has 1 saturated heterocycles. The highest BCUT2D eigenvalue weighted by Gasteiger charge is 2.29. The van der Waals surface area contributed by atoms with E-state index in [0.717, 1.165) is 49.7 Å². The highest BCUT2D eigenvalue weighted by molar-refractivity contribution is 6.04. The average Bonchev–Trinajstić information content (AvgIpc) is 3.35. The molecule has 0 bridgehead atoms. The number of aromatic nitrogens is 2. The first-order valence-electron chi connectivity index (χ1n) is 15.6. The minimum Gasteiger partial charge on any atom is -0.444 e. The van der Waals surface area contributed by atoms with Crippen molar-refractivity contribution >= 4 is 40.6 Å². The molecular formula is C34H42N6O4. The smallest absolute Gasteiger partial charge is 0.410 e. The van der Waals surface area contributed by atoms with Crippen LogP contribution in [0, 0.1) is 23.2 Å². The molecule has 3 amide bonds. The van der Waals surface area contributed by atoms with Gasteiger partial charge in [0, 0.05) is 43.9 Å². The number of fused-ring (bicyclic) bond motifs is 1. The van der Waals surface area contributed by atoms with Gasteiger partial charge in [0.1, 0.15) is 5.60 Å². The lowest BCUT2D eigenvalue weighted by atomic mass is 9.88. The first kappa shape index (κ1) is 31.0. The second kappa shape index (κ2) is 13.1. The molecule has 1 aliphatic carbocycles. The molecule has 3 aromatic rings. The number of carbonyl (C=O) groups excluding carboxylic acids is 3. The summed E-state index contributed by atoms with van der Waals surface area (Å²) in [6.07, 6.45) is 6.51. The molecule has 10 heteroatoms. The Bertz CT molecular complexity index is 1550. The van der Waals surface area contributed by atoms with E-state index in [-0.39, 0.29) is 29.7 Å². The normalized spacial score (nSPS) is 16.4. The summed E-state index contributed by atoms with van der Waals surface area (Å²) in [6.45, 7) is 7.40. The van der Waals surface area contributed by atoms with Gasteiger partial charge in [0.15, 0.2) is 0 Å². The Labute approximate surface area is 259 Å². The second-order valence-corrected chi connectivity index (χ2v) is 13.0. The van der Waals surface area contributed by atoms with Crippen LogP contribution in [0.1, 0.15) is 81.6 Å². The summed E-state index contributed by atoms with van der Waals surface area (Å²) in [4.78, 5) is 47.4. The number of benzene rings is 2. The number of hydrogen-bond acceptors (Lipinski definition) is 6. The summed E-state index contributed by atoms with van der Waals surface area (Å²) in [5, 5.41) is 12.1. The van der Waals surface area contributed by atoms with Crippen molar-refractivity contribution in [2.45, 2.75) is 77.9 Å². The van der Waals surface area contributed by atoms with Crippen molar-refractivity contribution in [1.82, 2.24) is 14.5 Å². The molecule has 1 aromatic heterocycles. The van der Waals surface area contributed by atoms with E-state index >= 15 is 0 Å². The van der Waals surface area contributed by atoms with Crippen LogP contribution in [0.15, 0.2) is 42.5 Å². The van der Waals surface area contributed by atoms with Gasteiger partial charge in [0.05, 0.1) is 22.7 Å². The average molecular weight is 599 g/mol. The van der Waals surface area contributed by atoms with Gasteiger partial charge < -0.3 is 19.1 Å². The van der Waals surface area contributed by atoms with Crippen molar-refractivity contribution in [1.29, 1.82) is 5.26 Å². The van der Waals surface area contributed by atoms with Crippen LogP contribution < -0.4 is 10.2 Å². The van der Waals surface area contributed by atoms with Gasteiger partial charge in [-0.3, -0.25) is 14.9 Å². The highest BCUT2D eigenvalue weighted by Crippen LogP contribution is 2.31. The maximum atomic E-state index is 13.3. The van der Waals surface area contributed by atoms with Gasteiger partial charge >= 0.3 is 6.09 Å². The number of ether oxygens (including phenoxy) is 1. The SMILES string of the molecule is CN(C(=O)C1CCCCC1)c1ccc2c(c1)nc(NC(=O)c1ccc(C#N)cc1)n2CC1CCN(C(=O)OC(C)(C)C)CC1. The molecule has 0 atom stereocenters. The topological polar surface area (TPSA) is 121 Å². The minimum atomic E-state index is -0.542. The zero-order chi connectivity index (χ0) is 31.4. The monoisotopic (exact) mass is 598 g/mol. The van der Waals surface area contributed by atoms with Gasteiger partial charge in [0.2, 0.25) is 11.9 Å². The zero-order valence-electron chi connectivity index (χ0n) is 26.1. The summed E-state index contributed by atoms with van der Waals surface area (Å²) in [5.74, 6) is 0.537. The van der Waals surface area contributed by atoms with Crippen molar-refractivity contribution in [3.05, 3.63) is 53.6 Å². The Balaban J connectivity index is 1.38. The number of rotatable bonds is 6. The van der Waals surface area contributed by atoms with E-state index in [2.05, 4.69) is 11.4 Å². The van der Waals surface area contributed by atoms with Crippen molar-refractivity contribution in [2.24, 2.45) is 11.8 Å². The summed E-state index contributed by atoms with van der Waals surface area (Å²) < 4.78 is 7.59. The van der Waals surface area contributed by atoms with Gasteiger partial charge in [-0.15, -0.1) is 0 Å². The summed E-state index contributed by atoms with van der Waals surface area (Å²) in [7, 11) is 1.82. The van der Waals surface area contributed by atoms with Crippen LogP contribution in [0.25, 0.3) is 11.0 Å². The molecule has 10 nitrogen and oxygen atoms in total. The molecule has 232 valence electrons. The van der Waals surface area contributed by atoms with Crippen LogP contribution >= 0.6 is 0 Å². The first-order valence-corrected chi connectivity index (χ1v) is 15.6. The van der Waals surface area contributed by atoms with Crippen LogP contribution in [0.3, 0.4) is 0 Å². The number of carbonyl (C=O) groups is 3. The predicted molar refractivity (Wildman–Crippen MR) is 169 cm³/mol. The molecule has 5 rings (SSSR count). The van der Waals surface area contributed by atoms with Crippen LogP contribution in [0.2, 0.25) is 0 Å². The van der Waals surface area contributed by atoms with E-state index < -0.39 is 5.60 Å². The molecular weight excluding hydrogens is 556 g/mol. The van der Waals surface area contributed by atoms with E-state index in [1.807, 2.05) is 50.6 Å². The fraction of sp³-hybridized carbons (Fsp3) is 0.500. The van der Waals surface area contributed by atoms with Gasteiger partial charge in [-0.25, -0.2) is 9.78 Å². The largest absolute Gasteiger partial charge is 0.444 e. The third-order valence-corrected chi connectivity index (χ3v) is 8.61. The molecule has 0 spiro atoms. The zero-order valence-corrected chi connectivity index (χ0v) is 26.1. The van der Waals surface area contributed by atoms with Crippen LogP contribution in [-0.4, -0.2) is 58.1 Å². The number of nitrogens with zero attached hydrogens (tertiary/aromatic N) is 5. The number of amides is 3. The lowest BCUT2D eigenvalue weighted by molar-refractivity contribution is -0.123. The maximum Gasteiger partial charge on any atom is 0.410 e. The van der Waals surface area contributed by atoms with E-state index in [1.165, 1.54) is 6.42 Å². The van der Waals surface area contributed by atoms with Crippen molar-refractivity contribution in [2.75, 3.05) is 30.4 Å². The predicted octanol–water partition coefficient (Wildman–Crippen LogP) is 6.35. The molecule has 2 aromatic carbocycles. The molecule has 44 heavy (non-hydrogen) atoms. The third kappa shape index (κ3) is 7.21. The van der Waals surface area contributed by atoms with Gasteiger partial charge in [-0.05, 0) is 94.8 Å². The molecule has 2 fully saturated rings. The minimum absolute atomic E-state index is 0.0517. The molecule has 1 saturated carbocycles. The fourth-order valence-corrected chi connectivity index (χ4v) is 6.11. The van der Waals surface area contributed by atoms with Crippen molar-refractivity contribution in [3.63, 3.8) is 0 Å². The number of anilines is 2. The van der Waals surface area contributed by atoms with E-state index in [9.17, 15) is 14.4 Å². The summed E-state index contributed by atoms with van der Waals surface area (Å²) in [6, 6.07) is 14.4. The quantitative estimate of drug-likeness (QED) is 0.353. The standard InChI is InChI=1S/C34H42N6O4/c1-34(2,3)44-33(43)39-18-16-24(17-19-39)22-40-29-15-14-27(38(4)31(42)26-8-6-5-7-9-26)20-28(29)36-32(40)37-30(41)25-12-10-23(21-35)11-13-25/h10-15,20,24,26H,5-9,16-19,22H2,1-4H3,(H,36,37,41). The van der Waals surface area contributed by atoms with E-state index in [0.29, 0.717) is 42.2 Å². The molecule has 0 radical (unpaired) electrons. The van der Waals surface area contributed by atoms with E-state index in [4.69, 9.17) is 15.0 Å². The Morgan fingerprint density at radius 1 is 1.02 bits per heavy atom. The molecule has 1 N–H and O–H groups in total. The molecule has 2 heterocycles. The number of likely N-dealkylation sites (tertiary alicyclic amines) is 1. The molecule has 2 aliphatic rings. The lowest BCUT2D eigenvalue weighted by Gasteiger charge is -2.33. The number of hydrogen-bond donors (Lipinski definition) is 1. The van der Waals surface area contributed by atoms with E-state index in [1.54, 1.807) is 34.1 Å². The number of nitrogens with one attached hydrogen (secondary N) is 1. The van der Waals surface area contributed by atoms with Crippen LogP contribution in [0.5, 0.6) is 0 Å². The van der Waals surface area contributed by atoms with Crippen LogP contribution in [0.4, 0.5) is 16.4 Å². The van der Waals surface area contributed by atoms with Crippen molar-refractivity contribution in [3.8, 4) is 6.07 Å². The Morgan fingerprint density at radius 2 is 1.70 bits per heavy atom. The van der Waals surface area contributed by atoms with Gasteiger partial charge in [-0.1, -0.05) is 19.3 Å². The molecule has 1 aliphatic heterocycles. The van der Waals surface area contributed by atoms with Gasteiger partial charge in [0.25, 0.3) is 5.91 Å². The Kier molecular flexibility index (Phi) is 9.23. The number of imidazole rings is 1.